The van der Waals surface area contributed by atoms with E-state index >= 15 is 0 Å². The Labute approximate surface area is 79.4 Å². The van der Waals surface area contributed by atoms with E-state index in [2.05, 4.69) is 13.8 Å². The summed E-state index contributed by atoms with van der Waals surface area (Å²) in [5, 5.41) is 0. The van der Waals surface area contributed by atoms with Gasteiger partial charge >= 0.3 is 0 Å². The third-order valence-electron chi connectivity index (χ3n) is 2.50. The highest BCUT2D eigenvalue weighted by Gasteiger charge is 2.01. The molecule has 1 nitrogen and oxygen atoms in total. The van der Waals surface area contributed by atoms with E-state index in [4.69, 9.17) is 0 Å². The zero-order valence-electron chi connectivity index (χ0n) is 8.50. The first-order valence-corrected chi connectivity index (χ1v) is 4.76. The van der Waals surface area contributed by atoms with Gasteiger partial charge in [0.05, 0.1) is 0 Å². The maximum absolute atomic E-state index is 11.5. The van der Waals surface area contributed by atoms with E-state index in [9.17, 15) is 4.79 Å². The number of rotatable bonds is 2. The van der Waals surface area contributed by atoms with E-state index < -0.39 is 0 Å². The minimum absolute atomic E-state index is 0.139. The number of aryl methyl sites for hydroxylation is 1. The lowest BCUT2D eigenvalue weighted by Crippen LogP contribution is -2.01. The summed E-state index contributed by atoms with van der Waals surface area (Å²) in [5.41, 5.74) is 2.09. The fraction of sp³-hybridized carbons (Fsp3) is 0.417. The molecule has 1 aromatic rings. The monoisotopic (exact) mass is 176 g/mol. The zero-order valence-corrected chi connectivity index (χ0v) is 8.50. The Kier molecular flexibility index (Phi) is 3.24. The van der Waals surface area contributed by atoms with Crippen molar-refractivity contribution in [3.8, 4) is 0 Å². The maximum Gasteiger partial charge on any atom is 0.181 e. The van der Waals surface area contributed by atoms with Crippen LogP contribution in [-0.4, -0.2) is 0 Å². The van der Waals surface area contributed by atoms with Crippen LogP contribution in [-0.2, 0) is 0 Å². The standard InChI is InChI=1S/C12H16O/c1-4-9(2)11-7-5-6-10(3)12(13)8-11/h5-9H,4H2,1-3H3. The Morgan fingerprint density at radius 1 is 1.38 bits per heavy atom. The quantitative estimate of drug-likeness (QED) is 0.677. The highest BCUT2D eigenvalue weighted by molar-refractivity contribution is 5.22. The SMILES string of the molecule is CCC(C)c1cccc(C)c(=O)c1. The lowest BCUT2D eigenvalue weighted by molar-refractivity contribution is 0.734. The normalized spacial score (nSPS) is 12.5. The van der Waals surface area contributed by atoms with Gasteiger partial charge in [0.15, 0.2) is 5.43 Å². The second-order valence-electron chi connectivity index (χ2n) is 3.53. The Morgan fingerprint density at radius 3 is 2.69 bits per heavy atom. The lowest BCUT2D eigenvalue weighted by atomic mass is 10.0. The summed E-state index contributed by atoms with van der Waals surface area (Å²) in [6, 6.07) is 7.61. The summed E-state index contributed by atoms with van der Waals surface area (Å²) >= 11 is 0. The summed E-state index contributed by atoms with van der Waals surface area (Å²) in [6.45, 7) is 6.13. The molecule has 0 bridgehead atoms. The first-order valence-electron chi connectivity index (χ1n) is 4.76. The molecule has 1 rings (SSSR count). The molecule has 70 valence electrons. The van der Waals surface area contributed by atoms with E-state index in [1.807, 2.05) is 25.1 Å². The van der Waals surface area contributed by atoms with Crippen molar-refractivity contribution in [2.45, 2.75) is 33.1 Å². The minimum atomic E-state index is 0.139. The second kappa shape index (κ2) is 4.22. The van der Waals surface area contributed by atoms with E-state index in [0.717, 1.165) is 17.5 Å². The zero-order chi connectivity index (χ0) is 9.84. The highest BCUT2D eigenvalue weighted by Crippen LogP contribution is 2.15. The molecule has 1 aromatic carbocycles. The van der Waals surface area contributed by atoms with Crippen LogP contribution in [0.3, 0.4) is 0 Å². The molecule has 1 atom stereocenters. The molecule has 0 aromatic heterocycles. The highest BCUT2D eigenvalue weighted by atomic mass is 16.1. The summed E-state index contributed by atoms with van der Waals surface area (Å²) in [5.74, 6) is 0.472. The largest absolute Gasteiger partial charge is 0.290 e. The number of hydrogen-bond acceptors (Lipinski definition) is 1. The Bertz CT molecular complexity index is 341. The Morgan fingerprint density at radius 2 is 2.08 bits per heavy atom. The molecule has 1 heteroatoms. The molecule has 0 spiro atoms. The summed E-state index contributed by atoms with van der Waals surface area (Å²) in [6.07, 6.45) is 1.07. The first-order chi connectivity index (χ1) is 6.15. The van der Waals surface area contributed by atoms with Crippen LogP contribution in [0.5, 0.6) is 0 Å². The smallest absolute Gasteiger partial charge is 0.181 e. The van der Waals surface area contributed by atoms with Crippen LogP contribution in [0, 0.1) is 6.92 Å². The molecule has 1 unspecified atom stereocenters. The Balaban J connectivity index is 3.21. The van der Waals surface area contributed by atoms with Gasteiger partial charge < -0.3 is 0 Å². The molecule has 0 heterocycles. The molecule has 13 heavy (non-hydrogen) atoms. The van der Waals surface area contributed by atoms with Gasteiger partial charge in [0.2, 0.25) is 0 Å². The van der Waals surface area contributed by atoms with Gasteiger partial charge in [0.1, 0.15) is 0 Å². The van der Waals surface area contributed by atoms with Gasteiger partial charge in [-0.25, -0.2) is 0 Å². The topological polar surface area (TPSA) is 17.1 Å². The van der Waals surface area contributed by atoms with Gasteiger partial charge in [0.25, 0.3) is 0 Å². The third kappa shape index (κ3) is 2.41. The second-order valence-corrected chi connectivity index (χ2v) is 3.53. The van der Waals surface area contributed by atoms with Crippen molar-refractivity contribution in [2.75, 3.05) is 0 Å². The summed E-state index contributed by atoms with van der Waals surface area (Å²) in [7, 11) is 0. The summed E-state index contributed by atoms with van der Waals surface area (Å²) in [4.78, 5) is 11.5. The molecule has 0 saturated heterocycles. The third-order valence-corrected chi connectivity index (χ3v) is 2.50. The molecule has 0 amide bonds. The van der Waals surface area contributed by atoms with Crippen LogP contribution in [0.15, 0.2) is 29.1 Å². The van der Waals surface area contributed by atoms with Crippen LogP contribution in [0.2, 0.25) is 0 Å². The molecule has 0 aliphatic heterocycles. The van der Waals surface area contributed by atoms with Gasteiger partial charge in [-0.15, -0.1) is 0 Å². The average molecular weight is 176 g/mol. The molecule has 0 N–H and O–H groups in total. The summed E-state index contributed by atoms with van der Waals surface area (Å²) < 4.78 is 0. The van der Waals surface area contributed by atoms with Crippen molar-refractivity contribution in [2.24, 2.45) is 0 Å². The fourth-order valence-electron chi connectivity index (χ4n) is 1.24. The molecule has 0 fully saturated rings. The van der Waals surface area contributed by atoms with Crippen molar-refractivity contribution in [1.82, 2.24) is 0 Å². The van der Waals surface area contributed by atoms with E-state index in [-0.39, 0.29) is 5.43 Å². The first kappa shape index (κ1) is 9.97. The van der Waals surface area contributed by atoms with Crippen molar-refractivity contribution in [3.63, 3.8) is 0 Å². The fourth-order valence-corrected chi connectivity index (χ4v) is 1.24. The van der Waals surface area contributed by atoms with Crippen molar-refractivity contribution >= 4 is 0 Å². The maximum atomic E-state index is 11.5. The van der Waals surface area contributed by atoms with Crippen LogP contribution in [0.4, 0.5) is 0 Å². The lowest BCUT2D eigenvalue weighted by Gasteiger charge is -2.04. The van der Waals surface area contributed by atoms with E-state index in [1.165, 1.54) is 0 Å². The van der Waals surface area contributed by atoms with E-state index in [0.29, 0.717) is 5.92 Å². The van der Waals surface area contributed by atoms with Crippen LogP contribution < -0.4 is 5.43 Å². The molecule has 0 aliphatic rings. The number of hydrogen-bond donors (Lipinski definition) is 0. The molecule has 0 aliphatic carbocycles. The minimum Gasteiger partial charge on any atom is -0.290 e. The van der Waals surface area contributed by atoms with Crippen LogP contribution in [0.1, 0.15) is 37.3 Å². The molecular formula is C12H16O. The van der Waals surface area contributed by atoms with Gasteiger partial charge in [-0.1, -0.05) is 32.0 Å². The van der Waals surface area contributed by atoms with Crippen LogP contribution in [0.25, 0.3) is 0 Å². The van der Waals surface area contributed by atoms with Gasteiger partial charge in [0, 0.05) is 0 Å². The average Bonchev–Trinajstić information content (AvgIpc) is 2.28. The predicted octanol–water partition coefficient (Wildman–Crippen LogP) is 2.87. The predicted molar refractivity (Wildman–Crippen MR) is 56.2 cm³/mol. The molecular weight excluding hydrogens is 160 g/mol. The van der Waals surface area contributed by atoms with Crippen molar-refractivity contribution in [3.05, 3.63) is 45.6 Å². The van der Waals surface area contributed by atoms with Gasteiger partial charge in [-0.2, -0.15) is 0 Å². The Hall–Kier alpha value is -1.11. The van der Waals surface area contributed by atoms with Gasteiger partial charge in [-0.3, -0.25) is 4.79 Å². The molecule has 0 radical (unpaired) electrons. The van der Waals surface area contributed by atoms with Crippen LogP contribution >= 0.6 is 0 Å². The van der Waals surface area contributed by atoms with Gasteiger partial charge in [-0.05, 0) is 36.5 Å². The molecule has 0 saturated carbocycles. The van der Waals surface area contributed by atoms with Crippen molar-refractivity contribution < 1.29 is 0 Å². The van der Waals surface area contributed by atoms with Crippen molar-refractivity contribution in [1.29, 1.82) is 0 Å². The van der Waals surface area contributed by atoms with E-state index in [1.54, 1.807) is 6.07 Å².